The number of allylic oxidation sites excluding steroid dienone is 1. The summed E-state index contributed by atoms with van der Waals surface area (Å²) in [4.78, 5) is 0. The lowest BCUT2D eigenvalue weighted by atomic mass is 10.0. The predicted molar refractivity (Wildman–Crippen MR) is 76.2 cm³/mol. The molecule has 0 bridgehead atoms. The number of benzene rings is 2. The Morgan fingerprint density at radius 2 is 1.50 bits per heavy atom. The minimum absolute atomic E-state index is 0.431. The maximum Gasteiger partial charge on any atom is 0.101 e. The van der Waals surface area contributed by atoms with Gasteiger partial charge < -0.3 is 0 Å². The molecule has 18 heavy (non-hydrogen) atoms. The van der Waals surface area contributed by atoms with Gasteiger partial charge in [-0.1, -0.05) is 65.7 Å². The largest absolute Gasteiger partial charge is 0.192 e. The third kappa shape index (κ3) is 2.73. The molecule has 0 heterocycles. The summed E-state index contributed by atoms with van der Waals surface area (Å²) in [7, 11) is 0. The molecule has 0 spiro atoms. The summed E-state index contributed by atoms with van der Waals surface area (Å²) in [5.74, 6) is 0. The van der Waals surface area contributed by atoms with Crippen LogP contribution in [0, 0.1) is 11.3 Å². The minimum Gasteiger partial charge on any atom is -0.192 e. The van der Waals surface area contributed by atoms with E-state index in [1.165, 1.54) is 0 Å². The number of hydrogen-bond acceptors (Lipinski definition) is 1. The zero-order valence-corrected chi connectivity index (χ0v) is 10.9. The van der Waals surface area contributed by atoms with Crippen LogP contribution in [0.25, 0.3) is 10.6 Å². The van der Waals surface area contributed by atoms with Crippen molar-refractivity contribution >= 4 is 33.8 Å². The van der Waals surface area contributed by atoms with Gasteiger partial charge in [-0.2, -0.15) is 5.26 Å². The van der Waals surface area contributed by atoms with Crippen LogP contribution in [0.5, 0.6) is 0 Å². The van der Waals surface area contributed by atoms with Crippen molar-refractivity contribution in [3.8, 4) is 6.07 Å². The second-order valence-electron chi connectivity index (χ2n) is 3.67. The quantitative estimate of drug-likeness (QED) is 0.560. The summed E-state index contributed by atoms with van der Waals surface area (Å²) in [5, 5.41) is 10.3. The molecule has 0 fully saturated rings. The van der Waals surface area contributed by atoms with Gasteiger partial charge in [0.1, 0.15) is 6.07 Å². The Hall–Kier alpha value is -1.75. The summed E-state index contributed by atoms with van der Waals surface area (Å²) >= 11 is 12.1. The molecule has 0 radical (unpaired) electrons. The minimum atomic E-state index is 0.431. The van der Waals surface area contributed by atoms with E-state index in [1.807, 2.05) is 30.3 Å². The molecule has 1 nitrogen and oxygen atoms in total. The Labute approximate surface area is 116 Å². The van der Waals surface area contributed by atoms with Gasteiger partial charge in [-0.3, -0.25) is 0 Å². The molecule has 0 aliphatic heterocycles. The van der Waals surface area contributed by atoms with Crippen LogP contribution in [0.4, 0.5) is 0 Å². The molecule has 0 unspecified atom stereocenters. The number of hydrogen-bond donors (Lipinski definition) is 0. The van der Waals surface area contributed by atoms with Crippen molar-refractivity contribution in [1.29, 1.82) is 5.26 Å². The Morgan fingerprint density at radius 3 is 2.06 bits per heavy atom. The zero-order chi connectivity index (χ0) is 13.0. The summed E-state index contributed by atoms with van der Waals surface area (Å²) in [6, 6.07) is 18.6. The first-order valence-corrected chi connectivity index (χ1v) is 6.09. The van der Waals surface area contributed by atoms with Crippen LogP contribution < -0.4 is 0 Å². The van der Waals surface area contributed by atoms with E-state index >= 15 is 0 Å². The van der Waals surface area contributed by atoms with Crippen molar-refractivity contribution in [3.05, 3.63) is 70.7 Å². The second kappa shape index (κ2) is 5.73. The lowest BCUT2D eigenvalue weighted by Gasteiger charge is -2.04. The van der Waals surface area contributed by atoms with Crippen molar-refractivity contribution in [2.45, 2.75) is 0 Å². The topological polar surface area (TPSA) is 23.8 Å². The van der Waals surface area contributed by atoms with Crippen LogP contribution in [0.2, 0.25) is 5.02 Å². The summed E-state index contributed by atoms with van der Waals surface area (Å²) in [6.45, 7) is 0. The van der Waals surface area contributed by atoms with Gasteiger partial charge in [0.2, 0.25) is 0 Å². The Bertz CT molecular complexity index is 607. The average Bonchev–Trinajstić information content (AvgIpc) is 2.41. The zero-order valence-electron chi connectivity index (χ0n) is 9.40. The van der Waals surface area contributed by atoms with Gasteiger partial charge in [-0.15, -0.1) is 0 Å². The summed E-state index contributed by atoms with van der Waals surface area (Å²) in [6.07, 6.45) is 0. The summed E-state index contributed by atoms with van der Waals surface area (Å²) < 4.78 is 0. The molecule has 0 atom stereocenters. The Morgan fingerprint density at radius 1 is 0.889 bits per heavy atom. The van der Waals surface area contributed by atoms with E-state index in [2.05, 4.69) is 6.07 Å². The standard InChI is InChI=1S/C15H9Cl2N/c16-13-8-6-12(7-9-13)15(17)14(10-18)11-4-2-1-3-5-11/h1-9H. The predicted octanol–water partition coefficient (Wildman–Crippen LogP) is 4.97. The maximum absolute atomic E-state index is 9.25. The van der Waals surface area contributed by atoms with Crippen molar-refractivity contribution in [1.82, 2.24) is 0 Å². The second-order valence-corrected chi connectivity index (χ2v) is 4.49. The first-order chi connectivity index (χ1) is 8.72. The fourth-order valence-electron chi connectivity index (χ4n) is 1.59. The van der Waals surface area contributed by atoms with Crippen molar-refractivity contribution in [3.63, 3.8) is 0 Å². The van der Waals surface area contributed by atoms with Crippen LogP contribution in [0.3, 0.4) is 0 Å². The first kappa shape index (κ1) is 12.7. The van der Waals surface area contributed by atoms with E-state index in [4.69, 9.17) is 23.2 Å². The Kier molecular flexibility index (Phi) is 4.04. The normalized spacial score (nSPS) is 11.6. The summed E-state index contributed by atoms with van der Waals surface area (Å²) in [5.41, 5.74) is 2.04. The lowest BCUT2D eigenvalue weighted by Crippen LogP contribution is -1.85. The third-order valence-electron chi connectivity index (χ3n) is 2.49. The number of rotatable bonds is 2. The van der Waals surface area contributed by atoms with E-state index in [0.29, 0.717) is 15.6 Å². The number of nitrogens with zero attached hydrogens (tertiary/aromatic N) is 1. The smallest absolute Gasteiger partial charge is 0.101 e. The lowest BCUT2D eigenvalue weighted by molar-refractivity contribution is 1.52. The molecule has 0 saturated heterocycles. The van der Waals surface area contributed by atoms with Crippen LogP contribution in [-0.4, -0.2) is 0 Å². The molecule has 88 valence electrons. The van der Waals surface area contributed by atoms with Gasteiger partial charge in [0.05, 0.1) is 10.6 Å². The fourth-order valence-corrected chi connectivity index (χ4v) is 1.99. The van der Waals surface area contributed by atoms with Crippen molar-refractivity contribution < 1.29 is 0 Å². The molecule has 0 amide bonds. The van der Waals surface area contributed by atoms with Gasteiger partial charge in [0.25, 0.3) is 0 Å². The fraction of sp³-hybridized carbons (Fsp3) is 0. The van der Waals surface area contributed by atoms with Gasteiger partial charge >= 0.3 is 0 Å². The van der Waals surface area contributed by atoms with Crippen LogP contribution in [0.1, 0.15) is 11.1 Å². The molecule has 0 aliphatic rings. The van der Waals surface area contributed by atoms with Crippen LogP contribution >= 0.6 is 23.2 Å². The van der Waals surface area contributed by atoms with Gasteiger partial charge in [0, 0.05) is 5.02 Å². The van der Waals surface area contributed by atoms with E-state index in [0.717, 1.165) is 11.1 Å². The van der Waals surface area contributed by atoms with E-state index in [9.17, 15) is 5.26 Å². The van der Waals surface area contributed by atoms with Crippen LogP contribution in [-0.2, 0) is 0 Å². The van der Waals surface area contributed by atoms with E-state index in [-0.39, 0.29) is 0 Å². The van der Waals surface area contributed by atoms with E-state index in [1.54, 1.807) is 24.3 Å². The molecule has 2 aromatic rings. The van der Waals surface area contributed by atoms with Crippen molar-refractivity contribution in [2.24, 2.45) is 0 Å². The average molecular weight is 274 g/mol. The van der Waals surface area contributed by atoms with Gasteiger partial charge in [-0.25, -0.2) is 0 Å². The Balaban J connectivity index is 2.51. The highest BCUT2D eigenvalue weighted by Crippen LogP contribution is 2.29. The van der Waals surface area contributed by atoms with Gasteiger partial charge in [0.15, 0.2) is 0 Å². The molecule has 2 rings (SSSR count). The molecule has 0 aliphatic carbocycles. The van der Waals surface area contributed by atoms with E-state index < -0.39 is 0 Å². The van der Waals surface area contributed by atoms with Gasteiger partial charge in [-0.05, 0) is 23.3 Å². The highest BCUT2D eigenvalue weighted by atomic mass is 35.5. The molecular weight excluding hydrogens is 265 g/mol. The first-order valence-electron chi connectivity index (χ1n) is 5.33. The molecule has 3 heteroatoms. The molecule has 0 N–H and O–H groups in total. The highest BCUT2D eigenvalue weighted by molar-refractivity contribution is 6.53. The number of nitriles is 1. The molecule has 0 saturated carbocycles. The molecule has 2 aromatic carbocycles. The SMILES string of the molecule is N#CC(=C(Cl)c1ccc(Cl)cc1)c1ccccc1. The number of halogens is 2. The molecule has 0 aromatic heterocycles. The maximum atomic E-state index is 9.25. The molecular formula is C15H9Cl2N. The van der Waals surface area contributed by atoms with Crippen LogP contribution in [0.15, 0.2) is 54.6 Å². The monoisotopic (exact) mass is 273 g/mol. The third-order valence-corrected chi connectivity index (χ3v) is 3.15. The van der Waals surface area contributed by atoms with Crippen molar-refractivity contribution in [2.75, 3.05) is 0 Å². The highest BCUT2D eigenvalue weighted by Gasteiger charge is 2.08.